The monoisotopic (exact) mass is 245 g/mol. The standard InChI is InChI=1S/C16H23NO/c1-11(2)10-13-4-6-14(7-5-13)12(3)17-16(18)15-8-9-15/h4-7,11-12,15H,8-10H2,1-3H3,(H,17,18)/t12-/m1/s1. The average molecular weight is 245 g/mol. The Kier molecular flexibility index (Phi) is 4.05. The van der Waals surface area contributed by atoms with E-state index in [-0.39, 0.29) is 17.9 Å². The molecule has 1 aliphatic rings. The second kappa shape index (κ2) is 5.55. The molecule has 1 atom stereocenters. The van der Waals surface area contributed by atoms with E-state index in [1.165, 1.54) is 11.1 Å². The van der Waals surface area contributed by atoms with Gasteiger partial charge >= 0.3 is 0 Å². The Labute approximate surface area is 110 Å². The first-order chi connectivity index (χ1) is 8.56. The zero-order chi connectivity index (χ0) is 13.1. The van der Waals surface area contributed by atoms with Crippen LogP contribution in [0, 0.1) is 11.8 Å². The van der Waals surface area contributed by atoms with E-state index >= 15 is 0 Å². The van der Waals surface area contributed by atoms with Crippen LogP contribution in [0.15, 0.2) is 24.3 Å². The van der Waals surface area contributed by atoms with E-state index < -0.39 is 0 Å². The van der Waals surface area contributed by atoms with Crippen LogP contribution in [0.25, 0.3) is 0 Å². The van der Waals surface area contributed by atoms with Gasteiger partial charge in [0.25, 0.3) is 0 Å². The smallest absolute Gasteiger partial charge is 0.223 e. The van der Waals surface area contributed by atoms with E-state index in [1.54, 1.807) is 0 Å². The summed E-state index contributed by atoms with van der Waals surface area (Å²) in [5.41, 5.74) is 2.56. The maximum Gasteiger partial charge on any atom is 0.223 e. The molecular formula is C16H23NO. The van der Waals surface area contributed by atoms with Gasteiger partial charge in [-0.2, -0.15) is 0 Å². The van der Waals surface area contributed by atoms with Gasteiger partial charge in [-0.1, -0.05) is 38.1 Å². The van der Waals surface area contributed by atoms with Crippen molar-refractivity contribution in [2.24, 2.45) is 11.8 Å². The van der Waals surface area contributed by atoms with Gasteiger partial charge in [-0.3, -0.25) is 4.79 Å². The third-order valence-corrected chi connectivity index (χ3v) is 3.43. The van der Waals surface area contributed by atoms with Crippen LogP contribution < -0.4 is 5.32 Å². The Bertz CT molecular complexity index is 404. The van der Waals surface area contributed by atoms with Gasteiger partial charge < -0.3 is 5.32 Å². The Morgan fingerprint density at radius 2 is 1.83 bits per heavy atom. The van der Waals surface area contributed by atoms with Crippen LogP contribution in [0.3, 0.4) is 0 Å². The number of benzene rings is 1. The van der Waals surface area contributed by atoms with Crippen LogP contribution in [0.1, 0.15) is 50.8 Å². The van der Waals surface area contributed by atoms with Gasteiger partial charge in [-0.05, 0) is 43.2 Å². The summed E-state index contributed by atoms with van der Waals surface area (Å²) in [7, 11) is 0. The second-order valence-corrected chi connectivity index (χ2v) is 5.84. The zero-order valence-corrected chi connectivity index (χ0v) is 11.6. The molecule has 1 amide bonds. The van der Waals surface area contributed by atoms with E-state index in [2.05, 4.69) is 50.4 Å². The molecule has 0 radical (unpaired) electrons. The third kappa shape index (κ3) is 3.59. The van der Waals surface area contributed by atoms with Gasteiger partial charge in [0, 0.05) is 5.92 Å². The first kappa shape index (κ1) is 13.1. The van der Waals surface area contributed by atoms with Crippen LogP contribution >= 0.6 is 0 Å². The quantitative estimate of drug-likeness (QED) is 0.845. The molecule has 2 rings (SSSR count). The second-order valence-electron chi connectivity index (χ2n) is 5.84. The van der Waals surface area contributed by atoms with Crippen molar-refractivity contribution in [1.82, 2.24) is 5.32 Å². The molecule has 0 unspecified atom stereocenters. The molecule has 1 saturated carbocycles. The fourth-order valence-corrected chi connectivity index (χ4v) is 2.17. The number of rotatable bonds is 5. The van der Waals surface area contributed by atoms with Crippen molar-refractivity contribution < 1.29 is 4.79 Å². The number of carbonyl (C=O) groups excluding carboxylic acids is 1. The fourth-order valence-electron chi connectivity index (χ4n) is 2.17. The minimum Gasteiger partial charge on any atom is -0.349 e. The molecule has 0 bridgehead atoms. The maximum absolute atomic E-state index is 11.7. The van der Waals surface area contributed by atoms with Gasteiger partial charge in [0.2, 0.25) is 5.91 Å². The minimum absolute atomic E-state index is 0.117. The van der Waals surface area contributed by atoms with Gasteiger partial charge in [0.15, 0.2) is 0 Å². The molecule has 18 heavy (non-hydrogen) atoms. The van der Waals surface area contributed by atoms with Crippen molar-refractivity contribution in [1.29, 1.82) is 0 Å². The highest BCUT2D eigenvalue weighted by molar-refractivity contribution is 5.81. The Morgan fingerprint density at radius 1 is 1.22 bits per heavy atom. The van der Waals surface area contributed by atoms with E-state index in [0.717, 1.165) is 19.3 Å². The highest BCUT2D eigenvalue weighted by Crippen LogP contribution is 2.29. The lowest BCUT2D eigenvalue weighted by atomic mass is 10.00. The summed E-state index contributed by atoms with van der Waals surface area (Å²) in [5, 5.41) is 3.08. The molecule has 2 heteroatoms. The molecule has 1 aromatic carbocycles. The highest BCUT2D eigenvalue weighted by Gasteiger charge is 2.30. The number of hydrogen-bond donors (Lipinski definition) is 1. The third-order valence-electron chi connectivity index (χ3n) is 3.43. The summed E-state index contributed by atoms with van der Waals surface area (Å²) in [4.78, 5) is 11.7. The summed E-state index contributed by atoms with van der Waals surface area (Å²) in [6.07, 6.45) is 3.24. The predicted octanol–water partition coefficient (Wildman–Crippen LogP) is 3.47. The van der Waals surface area contributed by atoms with Gasteiger partial charge in [0.1, 0.15) is 0 Å². The normalized spacial score (nSPS) is 16.7. The largest absolute Gasteiger partial charge is 0.349 e. The van der Waals surface area contributed by atoms with Crippen molar-refractivity contribution in [2.45, 2.75) is 46.1 Å². The molecule has 0 aromatic heterocycles. The van der Waals surface area contributed by atoms with Crippen molar-refractivity contribution in [3.63, 3.8) is 0 Å². The van der Waals surface area contributed by atoms with Crippen molar-refractivity contribution in [3.8, 4) is 0 Å². The van der Waals surface area contributed by atoms with Gasteiger partial charge in [0.05, 0.1) is 6.04 Å². The molecule has 1 aliphatic carbocycles. The molecule has 1 aromatic rings. The molecule has 98 valence electrons. The molecule has 1 fully saturated rings. The lowest BCUT2D eigenvalue weighted by molar-refractivity contribution is -0.122. The summed E-state index contributed by atoms with van der Waals surface area (Å²) >= 11 is 0. The van der Waals surface area contributed by atoms with Gasteiger partial charge in [-0.15, -0.1) is 0 Å². The lowest BCUT2D eigenvalue weighted by Gasteiger charge is -2.15. The van der Waals surface area contributed by atoms with E-state index in [1.807, 2.05) is 0 Å². The van der Waals surface area contributed by atoms with E-state index in [4.69, 9.17) is 0 Å². The summed E-state index contributed by atoms with van der Waals surface area (Å²) in [5.74, 6) is 1.18. The predicted molar refractivity (Wildman–Crippen MR) is 74.3 cm³/mol. The molecule has 2 nitrogen and oxygen atoms in total. The molecule has 0 saturated heterocycles. The topological polar surface area (TPSA) is 29.1 Å². The molecule has 0 spiro atoms. The van der Waals surface area contributed by atoms with Crippen molar-refractivity contribution >= 4 is 5.91 Å². The first-order valence-corrected chi connectivity index (χ1v) is 6.95. The number of hydrogen-bond acceptors (Lipinski definition) is 1. The summed E-state index contributed by atoms with van der Waals surface area (Å²) in [6, 6.07) is 8.74. The Morgan fingerprint density at radius 3 is 2.33 bits per heavy atom. The van der Waals surface area contributed by atoms with Crippen LogP contribution in [0.5, 0.6) is 0 Å². The SMILES string of the molecule is CC(C)Cc1ccc([C@@H](C)NC(=O)C2CC2)cc1. The fraction of sp³-hybridized carbons (Fsp3) is 0.562. The van der Waals surface area contributed by atoms with Crippen molar-refractivity contribution in [3.05, 3.63) is 35.4 Å². The lowest BCUT2D eigenvalue weighted by Crippen LogP contribution is -2.27. The van der Waals surface area contributed by atoms with Crippen LogP contribution in [0.4, 0.5) is 0 Å². The molecular weight excluding hydrogens is 222 g/mol. The molecule has 1 N–H and O–H groups in total. The van der Waals surface area contributed by atoms with E-state index in [0.29, 0.717) is 5.92 Å². The molecule has 0 aliphatic heterocycles. The van der Waals surface area contributed by atoms with Crippen LogP contribution in [0.2, 0.25) is 0 Å². The number of nitrogens with one attached hydrogen (secondary N) is 1. The average Bonchev–Trinajstić information content (AvgIpc) is 3.12. The van der Waals surface area contributed by atoms with Crippen LogP contribution in [-0.2, 0) is 11.2 Å². The zero-order valence-electron chi connectivity index (χ0n) is 11.6. The molecule has 0 heterocycles. The van der Waals surface area contributed by atoms with Gasteiger partial charge in [-0.25, -0.2) is 0 Å². The summed E-state index contributed by atoms with van der Waals surface area (Å²) in [6.45, 7) is 6.51. The minimum atomic E-state index is 0.117. The van der Waals surface area contributed by atoms with Crippen molar-refractivity contribution in [2.75, 3.05) is 0 Å². The van der Waals surface area contributed by atoms with E-state index in [9.17, 15) is 4.79 Å². The first-order valence-electron chi connectivity index (χ1n) is 6.95. The Balaban J connectivity index is 1.93. The number of carbonyl (C=O) groups is 1. The number of amides is 1. The summed E-state index contributed by atoms with van der Waals surface area (Å²) < 4.78 is 0. The van der Waals surface area contributed by atoms with Crippen LogP contribution in [-0.4, -0.2) is 5.91 Å². The highest BCUT2D eigenvalue weighted by atomic mass is 16.2. The maximum atomic E-state index is 11.7. The Hall–Kier alpha value is -1.31.